The quantitative estimate of drug-likeness (QED) is 0.274. The zero-order valence-electron chi connectivity index (χ0n) is 20.5. The van der Waals surface area contributed by atoms with Crippen molar-refractivity contribution in [2.45, 2.75) is 38.1 Å². The molecule has 36 heavy (non-hydrogen) atoms. The number of halogens is 2. The Morgan fingerprint density at radius 1 is 0.972 bits per heavy atom. The van der Waals surface area contributed by atoms with Crippen LogP contribution >= 0.6 is 0 Å². The standard InChI is InChI=1S/C30H33F2N3O/c31-27-11-7-25(8-12-27)30(26-9-13-28(32)14-10-26)35-20-16-23(17-21-35)4-1-2-19-34-29(36)15-6-24-5-3-18-33-22-24/h3,5-15,18,22-23,30H,1-2,4,16-17,19-21H2,(H,34,36). The van der Waals surface area contributed by atoms with Crippen molar-refractivity contribution in [2.75, 3.05) is 19.6 Å². The molecule has 2 aromatic carbocycles. The van der Waals surface area contributed by atoms with Gasteiger partial charge in [-0.25, -0.2) is 8.78 Å². The number of rotatable bonds is 10. The highest BCUT2D eigenvalue weighted by Gasteiger charge is 2.27. The van der Waals surface area contributed by atoms with Gasteiger partial charge in [0.1, 0.15) is 11.6 Å². The Hall–Kier alpha value is -3.38. The molecule has 0 atom stereocenters. The van der Waals surface area contributed by atoms with Gasteiger partial charge in [-0.05, 0) is 91.4 Å². The van der Waals surface area contributed by atoms with Crippen LogP contribution in [0.3, 0.4) is 0 Å². The number of nitrogens with zero attached hydrogens (tertiary/aromatic N) is 2. The van der Waals surface area contributed by atoms with Gasteiger partial charge in [0.25, 0.3) is 0 Å². The van der Waals surface area contributed by atoms with Gasteiger partial charge in [-0.2, -0.15) is 0 Å². The van der Waals surface area contributed by atoms with Crippen molar-refractivity contribution in [1.29, 1.82) is 0 Å². The molecule has 1 aliphatic rings. The summed E-state index contributed by atoms with van der Waals surface area (Å²) in [5.74, 6) is 0.0661. The van der Waals surface area contributed by atoms with Gasteiger partial charge in [0.15, 0.2) is 0 Å². The van der Waals surface area contributed by atoms with E-state index in [4.69, 9.17) is 0 Å². The van der Waals surface area contributed by atoms with Crippen molar-refractivity contribution in [2.24, 2.45) is 5.92 Å². The normalized spacial score (nSPS) is 15.0. The lowest BCUT2D eigenvalue weighted by molar-refractivity contribution is -0.116. The first kappa shape index (κ1) is 25.7. The monoisotopic (exact) mass is 489 g/mol. The van der Waals surface area contributed by atoms with E-state index in [1.807, 2.05) is 36.4 Å². The molecule has 4 nitrogen and oxygen atoms in total. The predicted octanol–water partition coefficient (Wildman–Crippen LogP) is 6.16. The van der Waals surface area contributed by atoms with Gasteiger partial charge >= 0.3 is 0 Å². The van der Waals surface area contributed by atoms with E-state index in [1.54, 1.807) is 24.5 Å². The Kier molecular flexibility index (Phi) is 9.33. The van der Waals surface area contributed by atoms with Crippen LogP contribution in [0.5, 0.6) is 0 Å². The lowest BCUT2D eigenvalue weighted by Crippen LogP contribution is -2.37. The summed E-state index contributed by atoms with van der Waals surface area (Å²) in [5, 5.41) is 2.95. The fraction of sp³-hybridized carbons (Fsp3) is 0.333. The average molecular weight is 490 g/mol. The second-order valence-electron chi connectivity index (χ2n) is 9.39. The summed E-state index contributed by atoms with van der Waals surface area (Å²) in [6.45, 7) is 2.56. The Labute approximate surface area is 212 Å². The van der Waals surface area contributed by atoms with Gasteiger partial charge in [-0.15, -0.1) is 0 Å². The van der Waals surface area contributed by atoms with Gasteiger partial charge < -0.3 is 5.32 Å². The molecule has 1 aliphatic heterocycles. The Balaban J connectivity index is 1.21. The molecule has 188 valence electrons. The molecule has 6 heteroatoms. The molecule has 0 spiro atoms. The van der Waals surface area contributed by atoms with E-state index in [2.05, 4.69) is 15.2 Å². The molecule has 2 heterocycles. The first-order valence-electron chi connectivity index (χ1n) is 12.7. The van der Waals surface area contributed by atoms with Crippen LogP contribution in [-0.4, -0.2) is 35.4 Å². The van der Waals surface area contributed by atoms with Gasteiger partial charge in [-0.3, -0.25) is 14.7 Å². The molecule has 1 saturated heterocycles. The van der Waals surface area contributed by atoms with E-state index >= 15 is 0 Å². The van der Waals surface area contributed by atoms with Crippen molar-refractivity contribution in [3.63, 3.8) is 0 Å². The topological polar surface area (TPSA) is 45.2 Å². The van der Waals surface area contributed by atoms with Crippen LogP contribution in [0.25, 0.3) is 6.08 Å². The number of benzene rings is 2. The SMILES string of the molecule is O=C(C=Cc1cccnc1)NCCCCC1CCN(C(c2ccc(F)cc2)c2ccc(F)cc2)CC1. The van der Waals surface area contributed by atoms with Crippen LogP contribution in [0.1, 0.15) is 54.8 Å². The smallest absolute Gasteiger partial charge is 0.243 e. The fourth-order valence-corrected chi connectivity index (χ4v) is 4.88. The minimum atomic E-state index is -0.254. The molecule has 0 saturated carbocycles. The van der Waals surface area contributed by atoms with Crippen molar-refractivity contribution < 1.29 is 13.6 Å². The first-order chi connectivity index (χ1) is 17.6. The zero-order chi connectivity index (χ0) is 25.2. The fourth-order valence-electron chi connectivity index (χ4n) is 4.88. The van der Waals surface area contributed by atoms with Gasteiger partial charge in [0, 0.05) is 25.0 Å². The third kappa shape index (κ3) is 7.56. The molecule has 1 fully saturated rings. The number of aromatic nitrogens is 1. The summed E-state index contributed by atoms with van der Waals surface area (Å²) in [6, 6.07) is 17.0. The second kappa shape index (κ2) is 13.1. The number of carbonyl (C=O) groups excluding carboxylic acids is 1. The maximum atomic E-state index is 13.5. The average Bonchev–Trinajstić information content (AvgIpc) is 2.91. The number of pyridine rings is 1. The van der Waals surface area contributed by atoms with E-state index in [0.29, 0.717) is 12.5 Å². The van der Waals surface area contributed by atoms with Crippen molar-refractivity contribution >= 4 is 12.0 Å². The maximum Gasteiger partial charge on any atom is 0.243 e. The number of nitrogens with one attached hydrogen (secondary N) is 1. The summed E-state index contributed by atoms with van der Waals surface area (Å²) in [7, 11) is 0. The van der Waals surface area contributed by atoms with Crippen LogP contribution in [0.4, 0.5) is 8.78 Å². The summed E-state index contributed by atoms with van der Waals surface area (Å²) in [6.07, 6.45) is 12.1. The molecule has 0 aliphatic carbocycles. The Morgan fingerprint density at radius 2 is 1.61 bits per heavy atom. The minimum Gasteiger partial charge on any atom is -0.353 e. The van der Waals surface area contributed by atoms with E-state index in [0.717, 1.165) is 61.9 Å². The molecular weight excluding hydrogens is 456 g/mol. The highest BCUT2D eigenvalue weighted by Crippen LogP contribution is 2.33. The van der Waals surface area contributed by atoms with E-state index < -0.39 is 0 Å². The lowest BCUT2D eigenvalue weighted by Gasteiger charge is -2.38. The molecule has 3 aromatic rings. The number of likely N-dealkylation sites (tertiary alicyclic amines) is 1. The molecular formula is C30H33F2N3O. The molecule has 1 aromatic heterocycles. The molecule has 0 unspecified atom stereocenters. The van der Waals surface area contributed by atoms with Crippen LogP contribution < -0.4 is 5.32 Å². The van der Waals surface area contributed by atoms with Crippen LogP contribution in [-0.2, 0) is 4.79 Å². The number of hydrogen-bond donors (Lipinski definition) is 1. The predicted molar refractivity (Wildman–Crippen MR) is 139 cm³/mol. The Morgan fingerprint density at radius 3 is 2.19 bits per heavy atom. The largest absolute Gasteiger partial charge is 0.353 e. The van der Waals surface area contributed by atoms with Crippen molar-refractivity contribution in [3.8, 4) is 0 Å². The number of hydrogen-bond acceptors (Lipinski definition) is 3. The van der Waals surface area contributed by atoms with Gasteiger partial charge in [0.05, 0.1) is 6.04 Å². The highest BCUT2D eigenvalue weighted by atomic mass is 19.1. The zero-order valence-corrected chi connectivity index (χ0v) is 20.5. The maximum absolute atomic E-state index is 13.5. The van der Waals surface area contributed by atoms with E-state index in [-0.39, 0.29) is 23.6 Å². The van der Waals surface area contributed by atoms with Crippen LogP contribution in [0.15, 0.2) is 79.1 Å². The molecule has 0 radical (unpaired) electrons. The molecule has 0 bridgehead atoms. The number of amides is 1. The van der Waals surface area contributed by atoms with Crippen LogP contribution in [0, 0.1) is 17.6 Å². The molecule has 1 N–H and O–H groups in total. The summed E-state index contributed by atoms with van der Waals surface area (Å²) < 4.78 is 27.1. The number of carbonyl (C=O) groups is 1. The third-order valence-corrected chi connectivity index (χ3v) is 6.84. The first-order valence-corrected chi connectivity index (χ1v) is 12.7. The van der Waals surface area contributed by atoms with Crippen molar-refractivity contribution in [3.05, 3.63) is 107 Å². The number of piperidine rings is 1. The number of unbranched alkanes of at least 4 members (excludes halogenated alkanes) is 1. The summed E-state index contributed by atoms with van der Waals surface area (Å²) in [4.78, 5) is 18.4. The van der Waals surface area contributed by atoms with Crippen molar-refractivity contribution in [1.82, 2.24) is 15.2 Å². The van der Waals surface area contributed by atoms with E-state index in [1.165, 1.54) is 24.3 Å². The minimum absolute atomic E-state index is 0.0120. The Bertz CT molecular complexity index is 1060. The highest BCUT2D eigenvalue weighted by molar-refractivity contribution is 5.91. The van der Waals surface area contributed by atoms with Gasteiger partial charge in [0.2, 0.25) is 5.91 Å². The molecule has 4 rings (SSSR count). The summed E-state index contributed by atoms with van der Waals surface area (Å²) >= 11 is 0. The lowest BCUT2D eigenvalue weighted by atomic mass is 9.88. The van der Waals surface area contributed by atoms with E-state index in [9.17, 15) is 13.6 Å². The third-order valence-electron chi connectivity index (χ3n) is 6.84. The van der Waals surface area contributed by atoms with Gasteiger partial charge in [-0.1, -0.05) is 43.2 Å². The summed E-state index contributed by atoms with van der Waals surface area (Å²) in [5.41, 5.74) is 2.95. The molecule has 1 amide bonds. The second-order valence-corrected chi connectivity index (χ2v) is 9.39. The van der Waals surface area contributed by atoms with Crippen LogP contribution in [0.2, 0.25) is 0 Å².